The van der Waals surface area contributed by atoms with Crippen molar-refractivity contribution in [2.75, 3.05) is 5.73 Å². The van der Waals surface area contributed by atoms with Crippen LogP contribution < -0.4 is 11.1 Å². The van der Waals surface area contributed by atoms with E-state index in [4.69, 9.17) is 10.5 Å². The van der Waals surface area contributed by atoms with Crippen LogP contribution in [0.3, 0.4) is 0 Å². The zero-order valence-corrected chi connectivity index (χ0v) is 11.2. The van der Waals surface area contributed by atoms with Gasteiger partial charge in [-0.1, -0.05) is 25.7 Å². The molecule has 0 bridgehead atoms. The molecule has 1 aliphatic heterocycles. The highest BCUT2D eigenvalue weighted by molar-refractivity contribution is 5.80. The van der Waals surface area contributed by atoms with Gasteiger partial charge in [0.1, 0.15) is 6.61 Å². The van der Waals surface area contributed by atoms with Gasteiger partial charge in [-0.3, -0.25) is 0 Å². The Labute approximate surface area is 114 Å². The van der Waals surface area contributed by atoms with E-state index in [0.717, 1.165) is 16.9 Å². The Kier molecular flexibility index (Phi) is 3.58. The molecule has 1 heterocycles. The number of nitrogens with zero attached hydrogens (tertiary/aromatic N) is 1. The number of ether oxygens (including phenoxy) is 1. The molecule has 1 aromatic rings. The molecule has 4 nitrogen and oxygen atoms in total. The molecule has 0 amide bonds. The van der Waals surface area contributed by atoms with E-state index >= 15 is 0 Å². The molecule has 0 spiro atoms. The summed E-state index contributed by atoms with van der Waals surface area (Å²) in [6.07, 6.45) is 7.76. The molecular weight excluding hydrogens is 238 g/mol. The lowest BCUT2D eigenvalue weighted by atomic mass is 10.1. The fourth-order valence-electron chi connectivity index (χ4n) is 2.79. The smallest absolute Gasteiger partial charge is 0.290 e. The minimum atomic E-state index is 0.511. The van der Waals surface area contributed by atoms with E-state index in [1.807, 2.05) is 18.2 Å². The highest BCUT2D eigenvalue weighted by atomic mass is 16.5. The molecule has 1 aromatic carbocycles. The average Bonchev–Trinajstić information content (AvgIpc) is 2.68. The SMILES string of the molecule is Nc1ccc2c(c1)COC(NC1CCCCCC1)=N2. The molecule has 0 aromatic heterocycles. The molecule has 0 atom stereocenters. The van der Waals surface area contributed by atoms with E-state index < -0.39 is 0 Å². The fourth-order valence-corrected chi connectivity index (χ4v) is 2.79. The number of benzene rings is 1. The number of fused-ring (bicyclic) bond motifs is 1. The number of hydrogen-bond donors (Lipinski definition) is 2. The quantitative estimate of drug-likeness (QED) is 0.602. The van der Waals surface area contributed by atoms with Crippen molar-refractivity contribution in [2.45, 2.75) is 51.2 Å². The third-order valence-electron chi connectivity index (χ3n) is 3.87. The molecule has 0 saturated heterocycles. The van der Waals surface area contributed by atoms with Crippen molar-refractivity contribution >= 4 is 17.4 Å². The van der Waals surface area contributed by atoms with E-state index in [1.165, 1.54) is 38.5 Å². The summed E-state index contributed by atoms with van der Waals surface area (Å²) in [6.45, 7) is 0.554. The fraction of sp³-hybridized carbons (Fsp3) is 0.533. The monoisotopic (exact) mass is 259 g/mol. The van der Waals surface area contributed by atoms with Crippen molar-refractivity contribution < 1.29 is 4.74 Å². The molecule has 1 aliphatic carbocycles. The first-order valence-electron chi connectivity index (χ1n) is 7.18. The minimum absolute atomic E-state index is 0.511. The number of aliphatic imine (C=N–C) groups is 1. The largest absolute Gasteiger partial charge is 0.460 e. The van der Waals surface area contributed by atoms with Crippen LogP contribution in [0.5, 0.6) is 0 Å². The molecule has 102 valence electrons. The second kappa shape index (κ2) is 5.51. The van der Waals surface area contributed by atoms with Gasteiger partial charge in [-0.2, -0.15) is 4.99 Å². The third kappa shape index (κ3) is 3.00. The molecule has 4 heteroatoms. The van der Waals surface area contributed by atoms with Gasteiger partial charge < -0.3 is 15.8 Å². The lowest BCUT2D eigenvalue weighted by molar-refractivity contribution is 0.264. The summed E-state index contributed by atoms with van der Waals surface area (Å²) in [4.78, 5) is 4.54. The topological polar surface area (TPSA) is 59.6 Å². The molecular formula is C15H21N3O. The van der Waals surface area contributed by atoms with Crippen molar-refractivity contribution in [3.8, 4) is 0 Å². The van der Waals surface area contributed by atoms with Gasteiger partial charge in [0.2, 0.25) is 0 Å². The van der Waals surface area contributed by atoms with Gasteiger partial charge in [0.15, 0.2) is 0 Å². The summed E-state index contributed by atoms with van der Waals surface area (Å²) in [5.41, 5.74) is 8.56. The van der Waals surface area contributed by atoms with Gasteiger partial charge in [-0.25, -0.2) is 0 Å². The van der Waals surface area contributed by atoms with Gasteiger partial charge in [0, 0.05) is 17.3 Å². The summed E-state index contributed by atoms with van der Waals surface area (Å²) >= 11 is 0. The number of nitrogen functional groups attached to an aromatic ring is 1. The first-order chi connectivity index (χ1) is 9.31. The van der Waals surface area contributed by atoms with E-state index in [0.29, 0.717) is 18.7 Å². The van der Waals surface area contributed by atoms with Crippen LogP contribution >= 0.6 is 0 Å². The average molecular weight is 259 g/mol. The first kappa shape index (κ1) is 12.3. The lowest BCUT2D eigenvalue weighted by Gasteiger charge is -2.22. The van der Waals surface area contributed by atoms with Crippen molar-refractivity contribution in [3.63, 3.8) is 0 Å². The molecule has 3 N–H and O–H groups in total. The van der Waals surface area contributed by atoms with Crippen molar-refractivity contribution in [2.24, 2.45) is 4.99 Å². The van der Waals surface area contributed by atoms with Crippen molar-refractivity contribution in [3.05, 3.63) is 23.8 Å². The van der Waals surface area contributed by atoms with Crippen LogP contribution in [0, 0.1) is 0 Å². The van der Waals surface area contributed by atoms with Gasteiger partial charge >= 0.3 is 0 Å². The van der Waals surface area contributed by atoms with Gasteiger partial charge in [-0.15, -0.1) is 0 Å². The maximum atomic E-state index is 5.76. The van der Waals surface area contributed by atoms with Crippen LogP contribution in [-0.2, 0) is 11.3 Å². The second-order valence-corrected chi connectivity index (χ2v) is 5.43. The van der Waals surface area contributed by atoms with E-state index in [9.17, 15) is 0 Å². The van der Waals surface area contributed by atoms with Crippen LogP contribution in [0.25, 0.3) is 0 Å². The summed E-state index contributed by atoms with van der Waals surface area (Å²) in [7, 11) is 0. The Morgan fingerprint density at radius 3 is 2.74 bits per heavy atom. The summed E-state index contributed by atoms with van der Waals surface area (Å²) in [6, 6.07) is 6.96. The number of hydrogen-bond acceptors (Lipinski definition) is 4. The van der Waals surface area contributed by atoms with E-state index in [2.05, 4.69) is 10.3 Å². The number of nitrogens with one attached hydrogen (secondary N) is 1. The second-order valence-electron chi connectivity index (χ2n) is 5.43. The standard InChI is InChI=1S/C15H21N3O/c16-12-7-8-14-11(9-12)10-19-15(18-14)17-13-5-3-1-2-4-6-13/h7-9,13H,1-6,10,16H2,(H,17,18). The first-order valence-corrected chi connectivity index (χ1v) is 7.18. The van der Waals surface area contributed by atoms with Crippen LogP contribution in [0.15, 0.2) is 23.2 Å². The lowest BCUT2D eigenvalue weighted by Crippen LogP contribution is -2.36. The molecule has 2 aliphatic rings. The Morgan fingerprint density at radius 2 is 1.95 bits per heavy atom. The number of anilines is 1. The summed E-state index contributed by atoms with van der Waals surface area (Å²) in [5.74, 6) is 0. The maximum absolute atomic E-state index is 5.76. The van der Waals surface area contributed by atoms with Crippen molar-refractivity contribution in [1.29, 1.82) is 0 Å². The van der Waals surface area contributed by atoms with E-state index in [1.54, 1.807) is 0 Å². The van der Waals surface area contributed by atoms with Crippen LogP contribution in [0.2, 0.25) is 0 Å². The molecule has 1 fully saturated rings. The number of rotatable bonds is 1. The van der Waals surface area contributed by atoms with Gasteiger partial charge in [-0.05, 0) is 31.0 Å². The molecule has 0 unspecified atom stereocenters. The van der Waals surface area contributed by atoms with Gasteiger partial charge in [0.25, 0.3) is 6.02 Å². The molecule has 0 radical (unpaired) electrons. The minimum Gasteiger partial charge on any atom is -0.460 e. The van der Waals surface area contributed by atoms with Gasteiger partial charge in [0.05, 0.1) is 5.69 Å². The maximum Gasteiger partial charge on any atom is 0.290 e. The summed E-state index contributed by atoms with van der Waals surface area (Å²) in [5, 5.41) is 3.45. The zero-order chi connectivity index (χ0) is 13.1. The van der Waals surface area contributed by atoms with Crippen LogP contribution in [0.4, 0.5) is 11.4 Å². The Morgan fingerprint density at radius 1 is 1.16 bits per heavy atom. The highest BCUT2D eigenvalue weighted by Crippen LogP contribution is 2.26. The van der Waals surface area contributed by atoms with Crippen molar-refractivity contribution in [1.82, 2.24) is 5.32 Å². The number of amidine groups is 1. The molecule has 19 heavy (non-hydrogen) atoms. The van der Waals surface area contributed by atoms with E-state index in [-0.39, 0.29) is 0 Å². The predicted molar refractivity (Wildman–Crippen MR) is 77.4 cm³/mol. The molecule has 1 saturated carbocycles. The third-order valence-corrected chi connectivity index (χ3v) is 3.87. The molecule has 3 rings (SSSR count). The Hall–Kier alpha value is -1.71. The normalized spacial score (nSPS) is 19.9. The Bertz CT molecular complexity index is 476. The summed E-state index contributed by atoms with van der Waals surface area (Å²) < 4.78 is 5.69. The van der Waals surface area contributed by atoms with Crippen LogP contribution in [0.1, 0.15) is 44.1 Å². The van der Waals surface area contributed by atoms with Crippen LogP contribution in [-0.4, -0.2) is 12.1 Å². The zero-order valence-electron chi connectivity index (χ0n) is 11.2. The highest BCUT2D eigenvalue weighted by Gasteiger charge is 2.18. The number of nitrogens with two attached hydrogens (primary N) is 1. The Balaban J connectivity index is 1.70. The predicted octanol–water partition coefficient (Wildman–Crippen LogP) is 3.10.